The summed E-state index contributed by atoms with van der Waals surface area (Å²) in [5.41, 5.74) is 2.34. The fourth-order valence-electron chi connectivity index (χ4n) is 5.21. The largest absolute Gasteiger partial charge is 0.497 e. The molecule has 0 spiro atoms. The SMILES string of the molecule is COc1ccc(C(NC(=O)CC[C@H]2C(=O)N(CC(=O)O)CCN2C(=O)CNC(=O)OCc2ccccc2)c2ccc(OC)cc2)cc1. The van der Waals surface area contributed by atoms with Crippen LogP contribution in [0.1, 0.15) is 35.6 Å². The van der Waals surface area contributed by atoms with E-state index in [1.807, 2.05) is 30.3 Å². The molecule has 4 amide bonds. The van der Waals surface area contributed by atoms with Crippen molar-refractivity contribution >= 4 is 29.8 Å². The van der Waals surface area contributed by atoms with Gasteiger partial charge >= 0.3 is 12.1 Å². The molecule has 4 rings (SSSR count). The number of piperazine rings is 1. The molecule has 1 atom stereocenters. The standard InChI is InChI=1S/C34H38N4O9/c1-45-26-12-8-24(9-13-26)32(25-10-14-27(46-2)15-11-25)36-29(39)17-16-28-33(43)37(21-31(41)42)18-19-38(28)30(40)20-35-34(44)47-22-23-6-4-3-5-7-23/h3-15,28,32H,16-22H2,1-2H3,(H,35,44)(H,36,39)(H,41,42)/t28-/m0/s1. The molecule has 1 saturated heterocycles. The van der Waals surface area contributed by atoms with E-state index in [4.69, 9.17) is 14.2 Å². The summed E-state index contributed by atoms with van der Waals surface area (Å²) in [7, 11) is 3.12. The third-order valence-corrected chi connectivity index (χ3v) is 7.68. The molecule has 1 aliphatic rings. The van der Waals surface area contributed by atoms with Gasteiger partial charge in [0, 0.05) is 19.5 Å². The molecule has 13 nitrogen and oxygen atoms in total. The first-order valence-electron chi connectivity index (χ1n) is 15.0. The molecule has 1 heterocycles. The van der Waals surface area contributed by atoms with E-state index in [2.05, 4.69) is 10.6 Å². The van der Waals surface area contributed by atoms with Crippen molar-refractivity contribution in [2.24, 2.45) is 0 Å². The Morgan fingerprint density at radius 1 is 0.872 bits per heavy atom. The highest BCUT2D eigenvalue weighted by molar-refractivity contribution is 5.92. The first-order valence-corrected chi connectivity index (χ1v) is 15.0. The number of aliphatic carboxylic acids is 1. The van der Waals surface area contributed by atoms with Crippen molar-refractivity contribution in [3.63, 3.8) is 0 Å². The molecule has 0 aliphatic carbocycles. The van der Waals surface area contributed by atoms with Crippen LogP contribution in [0.25, 0.3) is 0 Å². The Balaban J connectivity index is 1.43. The minimum Gasteiger partial charge on any atom is -0.497 e. The molecule has 3 N–H and O–H groups in total. The average molecular weight is 647 g/mol. The maximum Gasteiger partial charge on any atom is 0.407 e. The maximum atomic E-state index is 13.4. The van der Waals surface area contributed by atoms with Crippen molar-refractivity contribution in [1.29, 1.82) is 0 Å². The van der Waals surface area contributed by atoms with E-state index in [-0.39, 0.29) is 38.4 Å². The van der Waals surface area contributed by atoms with Crippen LogP contribution in [0, 0.1) is 0 Å². The maximum absolute atomic E-state index is 13.4. The van der Waals surface area contributed by atoms with Gasteiger partial charge in [-0.25, -0.2) is 4.79 Å². The molecule has 47 heavy (non-hydrogen) atoms. The fourth-order valence-corrected chi connectivity index (χ4v) is 5.21. The zero-order chi connectivity index (χ0) is 33.8. The van der Waals surface area contributed by atoms with Gasteiger partial charge < -0.3 is 39.8 Å². The summed E-state index contributed by atoms with van der Waals surface area (Å²) >= 11 is 0. The van der Waals surface area contributed by atoms with E-state index in [9.17, 15) is 29.1 Å². The van der Waals surface area contributed by atoms with Crippen molar-refractivity contribution in [2.45, 2.75) is 31.5 Å². The van der Waals surface area contributed by atoms with Gasteiger partial charge in [0.25, 0.3) is 0 Å². The Labute approximate surface area is 272 Å². The molecule has 0 bridgehead atoms. The first-order chi connectivity index (χ1) is 22.7. The number of ether oxygens (including phenoxy) is 3. The average Bonchev–Trinajstić information content (AvgIpc) is 3.09. The number of benzene rings is 3. The van der Waals surface area contributed by atoms with Gasteiger partial charge in [0.15, 0.2) is 0 Å². The molecule has 0 unspecified atom stereocenters. The molecule has 3 aromatic carbocycles. The van der Waals surface area contributed by atoms with E-state index >= 15 is 0 Å². The number of rotatable bonds is 14. The zero-order valence-electron chi connectivity index (χ0n) is 26.2. The molecular formula is C34H38N4O9. The normalized spacial score (nSPS) is 14.4. The molecule has 3 aromatic rings. The van der Waals surface area contributed by atoms with Gasteiger partial charge in [0.2, 0.25) is 17.7 Å². The predicted octanol–water partition coefficient (Wildman–Crippen LogP) is 2.74. The van der Waals surface area contributed by atoms with Crippen LogP contribution in [-0.4, -0.2) is 91.1 Å². The summed E-state index contributed by atoms with van der Waals surface area (Å²) in [6.45, 7) is -0.941. The smallest absolute Gasteiger partial charge is 0.407 e. The number of amides is 4. The number of hydrogen-bond acceptors (Lipinski definition) is 8. The number of carboxylic acids is 1. The number of carboxylic acid groups (broad SMARTS) is 1. The van der Waals surface area contributed by atoms with Crippen LogP contribution in [0.3, 0.4) is 0 Å². The fraction of sp³-hybridized carbons (Fsp3) is 0.324. The van der Waals surface area contributed by atoms with Crippen molar-refractivity contribution in [3.8, 4) is 11.5 Å². The van der Waals surface area contributed by atoms with Crippen LogP contribution in [-0.2, 0) is 30.5 Å². The van der Waals surface area contributed by atoms with Gasteiger partial charge in [0.05, 0.1) is 20.3 Å². The number of nitrogens with zero attached hydrogens (tertiary/aromatic N) is 2. The minimum atomic E-state index is -1.20. The monoisotopic (exact) mass is 646 g/mol. The first kappa shape index (κ1) is 34.3. The van der Waals surface area contributed by atoms with Crippen LogP contribution in [0.15, 0.2) is 78.9 Å². The van der Waals surface area contributed by atoms with Gasteiger partial charge in [-0.05, 0) is 47.4 Å². The van der Waals surface area contributed by atoms with Gasteiger partial charge in [-0.15, -0.1) is 0 Å². The minimum absolute atomic E-state index is 0.00492. The van der Waals surface area contributed by atoms with Gasteiger partial charge in [-0.1, -0.05) is 54.6 Å². The summed E-state index contributed by atoms with van der Waals surface area (Å²) < 4.78 is 15.7. The van der Waals surface area contributed by atoms with Crippen molar-refractivity contribution in [1.82, 2.24) is 20.4 Å². The summed E-state index contributed by atoms with van der Waals surface area (Å²) in [5, 5.41) is 14.7. The number of carbonyl (C=O) groups excluding carboxylic acids is 4. The van der Waals surface area contributed by atoms with Crippen molar-refractivity contribution in [2.75, 3.05) is 40.4 Å². The van der Waals surface area contributed by atoms with Crippen LogP contribution < -0.4 is 20.1 Å². The summed E-state index contributed by atoms with van der Waals surface area (Å²) in [6.07, 6.45) is -1.02. The highest BCUT2D eigenvalue weighted by atomic mass is 16.5. The van der Waals surface area contributed by atoms with E-state index in [0.29, 0.717) is 11.5 Å². The summed E-state index contributed by atoms with van der Waals surface area (Å²) in [6, 6.07) is 21.8. The van der Waals surface area contributed by atoms with Gasteiger partial charge in [-0.2, -0.15) is 0 Å². The lowest BCUT2D eigenvalue weighted by molar-refractivity contribution is -0.155. The second-order valence-electron chi connectivity index (χ2n) is 10.8. The number of nitrogens with one attached hydrogen (secondary N) is 2. The second kappa shape index (κ2) is 16.6. The predicted molar refractivity (Wildman–Crippen MR) is 170 cm³/mol. The third-order valence-electron chi connectivity index (χ3n) is 7.68. The molecule has 0 aromatic heterocycles. The quantitative estimate of drug-likeness (QED) is 0.239. The van der Waals surface area contributed by atoms with Crippen LogP contribution in [0.2, 0.25) is 0 Å². The van der Waals surface area contributed by atoms with Crippen molar-refractivity contribution < 1.29 is 43.3 Å². The third kappa shape index (κ3) is 9.70. The van der Waals surface area contributed by atoms with E-state index in [0.717, 1.165) is 21.6 Å². The van der Waals surface area contributed by atoms with Crippen LogP contribution >= 0.6 is 0 Å². The molecular weight excluding hydrogens is 608 g/mol. The van der Waals surface area contributed by atoms with Crippen LogP contribution in [0.5, 0.6) is 11.5 Å². The van der Waals surface area contributed by atoms with E-state index in [1.54, 1.807) is 62.8 Å². The lowest BCUT2D eigenvalue weighted by atomic mass is 9.97. The van der Waals surface area contributed by atoms with Gasteiger partial charge in [0.1, 0.15) is 37.2 Å². The molecule has 0 saturated carbocycles. The number of methoxy groups -OCH3 is 2. The molecule has 248 valence electrons. The van der Waals surface area contributed by atoms with Crippen molar-refractivity contribution in [3.05, 3.63) is 95.6 Å². The molecule has 0 radical (unpaired) electrons. The van der Waals surface area contributed by atoms with Gasteiger partial charge in [-0.3, -0.25) is 19.2 Å². The number of carbonyl (C=O) groups is 5. The Bertz CT molecular complexity index is 1480. The molecule has 1 aliphatic heterocycles. The Kier molecular flexibility index (Phi) is 12.1. The van der Waals surface area contributed by atoms with E-state index in [1.165, 1.54) is 4.90 Å². The Morgan fingerprint density at radius 3 is 2.02 bits per heavy atom. The summed E-state index contributed by atoms with van der Waals surface area (Å²) in [4.78, 5) is 66.0. The van der Waals surface area contributed by atoms with Crippen LogP contribution in [0.4, 0.5) is 4.79 Å². The molecule has 13 heteroatoms. The topological polar surface area (TPSA) is 164 Å². The number of alkyl carbamates (subject to hydrolysis) is 1. The summed E-state index contributed by atoms with van der Waals surface area (Å²) in [5.74, 6) is -1.44. The highest BCUT2D eigenvalue weighted by Gasteiger charge is 2.38. The lowest BCUT2D eigenvalue weighted by Crippen LogP contribution is -2.61. The lowest BCUT2D eigenvalue weighted by Gasteiger charge is -2.40. The Hall–Kier alpha value is -5.59. The Morgan fingerprint density at radius 2 is 1.47 bits per heavy atom. The zero-order valence-corrected chi connectivity index (χ0v) is 26.2. The molecule has 1 fully saturated rings. The van der Waals surface area contributed by atoms with E-state index < -0.39 is 49.1 Å². The number of hydrogen-bond donors (Lipinski definition) is 3. The highest BCUT2D eigenvalue weighted by Crippen LogP contribution is 2.26. The second-order valence-corrected chi connectivity index (χ2v) is 10.8.